The van der Waals surface area contributed by atoms with Gasteiger partial charge in [-0.25, -0.2) is 0 Å². The first-order chi connectivity index (χ1) is 1.41. The molecule has 0 saturated carbocycles. The molecule has 0 spiro atoms. The van der Waals surface area contributed by atoms with Gasteiger partial charge in [0.2, 0.25) is 0 Å². The fourth-order valence-corrected chi connectivity index (χ4v) is 0. The molecule has 0 radical (unpaired) electrons. The quantitative estimate of drug-likeness (QED) is 0.231. The molecule has 0 aliphatic heterocycles. The van der Waals surface area contributed by atoms with Gasteiger partial charge < -0.3 is 11.7 Å². The second-order valence-corrected chi connectivity index (χ2v) is 0.236. The zero-order valence-electron chi connectivity index (χ0n) is 4.49. The van der Waals surface area contributed by atoms with Crippen LogP contribution in [0.3, 0.4) is 0 Å². The number of aldehydes is 1. The molecule has 0 bridgehead atoms. The van der Waals surface area contributed by atoms with E-state index >= 15 is 0 Å². The maximum Gasteiger partial charge on any atom is 1.00 e. The van der Waals surface area contributed by atoms with Crippen LogP contribution in [0.5, 0.6) is 0 Å². The molecular weight excluding hydrogens is 95.1 g/mol. The number of hydrogen-bond acceptors (Lipinski definition) is 1. The first-order valence-electron chi connectivity index (χ1n) is 0.813. The van der Waals surface area contributed by atoms with Crippen LogP contribution in [0.25, 0.3) is 0 Å². The maximum absolute atomic E-state index is 8.81. The summed E-state index contributed by atoms with van der Waals surface area (Å²) < 4.78 is 0. The molecule has 5 heavy (non-hydrogen) atoms. The molecule has 0 unspecified atom stereocenters. The molecule has 0 rings (SSSR count). The Balaban J connectivity index is -0.00000000667. The summed E-state index contributed by atoms with van der Waals surface area (Å²) >= 11 is 0. The smallest absolute Gasteiger partial charge is 1.00 e. The van der Waals surface area contributed by atoms with E-state index in [2.05, 4.69) is 0 Å². The van der Waals surface area contributed by atoms with Crippen LogP contribution in [0.15, 0.2) is 0 Å². The molecule has 0 aliphatic carbocycles. The van der Waals surface area contributed by atoms with Crippen molar-refractivity contribution in [2.45, 2.75) is 6.92 Å². The molecule has 0 aromatic carbocycles. The number of hydrogen-bond donors (Lipinski definition) is 0. The van der Waals surface area contributed by atoms with Gasteiger partial charge in [0.1, 0.15) is 6.29 Å². The third-order valence-electron chi connectivity index (χ3n) is 0. The molecule has 0 saturated heterocycles. The Morgan fingerprint density at radius 1 is 1.80 bits per heavy atom. The van der Waals surface area contributed by atoms with Gasteiger partial charge >= 0.3 is 51.4 Å². The molecule has 0 heterocycles. The van der Waals surface area contributed by atoms with Crippen molar-refractivity contribution in [2.24, 2.45) is 0 Å². The van der Waals surface area contributed by atoms with E-state index in [1.165, 1.54) is 6.92 Å². The van der Waals surface area contributed by atoms with Gasteiger partial charge in [-0.3, -0.25) is 0 Å². The van der Waals surface area contributed by atoms with Crippen molar-refractivity contribution in [1.82, 2.24) is 0 Å². The van der Waals surface area contributed by atoms with Gasteiger partial charge in [-0.15, -0.1) is 0 Å². The average Bonchev–Trinajstić information content (AvgIpc) is 0.918. The van der Waals surface area contributed by atoms with Crippen molar-refractivity contribution in [3.8, 4) is 0 Å². The Morgan fingerprint density at radius 2 is 1.80 bits per heavy atom. The van der Waals surface area contributed by atoms with E-state index in [4.69, 9.17) is 4.79 Å². The Morgan fingerprint density at radius 3 is 1.80 bits per heavy atom. The summed E-state index contributed by atoms with van der Waals surface area (Å²) in [6.07, 6.45) is 0.750. The molecule has 0 atom stereocenters. The Kier molecular flexibility index (Phi) is 60.8. The van der Waals surface area contributed by atoms with Gasteiger partial charge in [-0.05, 0) is 6.92 Å². The topological polar surface area (TPSA) is 48.6 Å². The van der Waals surface area contributed by atoms with Crippen LogP contribution in [-0.4, -0.2) is 11.8 Å². The molecule has 0 amide bonds. The summed E-state index contributed by atoms with van der Waals surface area (Å²) in [6.45, 7) is 1.44. The van der Waals surface area contributed by atoms with Crippen LogP contribution < -0.4 is 51.4 Å². The van der Waals surface area contributed by atoms with E-state index in [-0.39, 0.29) is 58.3 Å². The van der Waals surface area contributed by atoms with Gasteiger partial charge in [-0.1, -0.05) is 0 Å². The fourth-order valence-electron chi connectivity index (χ4n) is 0. The van der Waals surface area contributed by atoms with Gasteiger partial charge in [-0.2, -0.15) is 0 Å². The second-order valence-electron chi connectivity index (χ2n) is 0.236. The Hall–Kier alpha value is 1.27. The van der Waals surface area contributed by atoms with Crippen LogP contribution in [0.4, 0.5) is 0 Å². The Labute approximate surface area is 75.2 Å². The zero-order valence-corrected chi connectivity index (χ0v) is 6.61. The number of rotatable bonds is 0. The van der Waals surface area contributed by atoms with E-state index in [1.54, 1.807) is 0 Å². The average molecular weight is 102 g/mol. The van der Waals surface area contributed by atoms with Crippen molar-refractivity contribution < 1.29 is 63.1 Å². The molecular formula is C2H7KO2. The summed E-state index contributed by atoms with van der Waals surface area (Å²) in [6, 6.07) is 0. The van der Waals surface area contributed by atoms with E-state index in [9.17, 15) is 0 Å². The van der Waals surface area contributed by atoms with Gasteiger partial charge in [0.05, 0.1) is 0 Å². The third-order valence-corrected chi connectivity index (χ3v) is 0. The van der Waals surface area contributed by atoms with E-state index in [0.29, 0.717) is 0 Å². The van der Waals surface area contributed by atoms with Crippen molar-refractivity contribution in [2.75, 3.05) is 0 Å². The second kappa shape index (κ2) is 18.7. The molecule has 2 N–H and O–H groups in total. The first-order valence-corrected chi connectivity index (χ1v) is 0.813. The summed E-state index contributed by atoms with van der Waals surface area (Å²) in [7, 11) is 0. The minimum absolute atomic E-state index is 0. The zero-order chi connectivity index (χ0) is 2.71. The minimum Gasteiger partial charge on any atom is -1.00 e. The van der Waals surface area contributed by atoms with Crippen LogP contribution in [0, 0.1) is 0 Å². The number of carbonyl (C=O) groups is 1. The van der Waals surface area contributed by atoms with E-state index < -0.39 is 0 Å². The molecule has 28 valence electrons. The standard InChI is InChI=1S/C2H4O.K.H2O.H/c1-2-3;;;/h2H,1H3;;1H2;/q;+1;;-1. The monoisotopic (exact) mass is 102 g/mol. The van der Waals surface area contributed by atoms with Crippen molar-refractivity contribution in [3.63, 3.8) is 0 Å². The van der Waals surface area contributed by atoms with Crippen molar-refractivity contribution in [1.29, 1.82) is 0 Å². The Bertz CT molecular complexity index is 19.0. The van der Waals surface area contributed by atoms with Crippen LogP contribution in [0.2, 0.25) is 0 Å². The summed E-state index contributed by atoms with van der Waals surface area (Å²) in [5.41, 5.74) is 0. The fraction of sp³-hybridized carbons (Fsp3) is 0.500. The molecule has 2 nitrogen and oxygen atoms in total. The predicted molar refractivity (Wildman–Crippen MR) is 16.5 cm³/mol. The van der Waals surface area contributed by atoms with Crippen molar-refractivity contribution in [3.05, 3.63) is 0 Å². The summed E-state index contributed by atoms with van der Waals surface area (Å²) in [5, 5.41) is 0. The van der Waals surface area contributed by atoms with Crippen molar-refractivity contribution >= 4 is 6.29 Å². The molecule has 0 aromatic heterocycles. The SMILES string of the molecule is CC=O.O.[H-].[K+]. The van der Waals surface area contributed by atoms with Gasteiger partial charge in [0, 0.05) is 0 Å². The first kappa shape index (κ1) is 16.3. The third kappa shape index (κ3) is 35.0. The van der Waals surface area contributed by atoms with Crippen LogP contribution >= 0.6 is 0 Å². The minimum atomic E-state index is 0. The van der Waals surface area contributed by atoms with Crippen LogP contribution in [-0.2, 0) is 4.79 Å². The molecule has 0 aliphatic rings. The van der Waals surface area contributed by atoms with Crippen LogP contribution in [0.1, 0.15) is 8.35 Å². The number of carbonyl (C=O) groups excluding carboxylic acids is 1. The summed E-state index contributed by atoms with van der Waals surface area (Å²) in [5.74, 6) is 0. The summed E-state index contributed by atoms with van der Waals surface area (Å²) in [4.78, 5) is 8.81. The van der Waals surface area contributed by atoms with Gasteiger partial charge in [0.25, 0.3) is 0 Å². The van der Waals surface area contributed by atoms with Gasteiger partial charge in [0.15, 0.2) is 0 Å². The van der Waals surface area contributed by atoms with E-state index in [1.807, 2.05) is 0 Å². The normalized spacial score (nSPS) is 2.60. The molecule has 0 aromatic rings. The molecule has 3 heteroatoms. The largest absolute Gasteiger partial charge is 1.00 e. The predicted octanol–water partition coefficient (Wildman–Crippen LogP) is -3.50. The van der Waals surface area contributed by atoms with E-state index in [0.717, 1.165) is 6.29 Å². The molecule has 0 fully saturated rings. The maximum atomic E-state index is 8.81.